The van der Waals surface area contributed by atoms with Gasteiger partial charge in [0.1, 0.15) is 18.7 Å². The first-order valence-electron chi connectivity index (χ1n) is 14.2. The van der Waals surface area contributed by atoms with E-state index in [1.807, 2.05) is 91.0 Å². The van der Waals surface area contributed by atoms with Gasteiger partial charge in [-0.2, -0.15) is 0 Å². The fourth-order valence-electron chi connectivity index (χ4n) is 4.94. The van der Waals surface area contributed by atoms with Crippen LogP contribution in [0.1, 0.15) is 29.5 Å². The number of hydrogen-bond donors (Lipinski definition) is 2. The number of sulfone groups is 1. The van der Waals surface area contributed by atoms with Gasteiger partial charge in [0.2, 0.25) is 11.8 Å². The second kappa shape index (κ2) is 15.2. The van der Waals surface area contributed by atoms with Gasteiger partial charge in [0, 0.05) is 24.6 Å². The Hall–Kier alpha value is -4.44. The summed E-state index contributed by atoms with van der Waals surface area (Å²) in [6.45, 7) is 0.462. The first-order chi connectivity index (χ1) is 20.7. The van der Waals surface area contributed by atoms with Gasteiger partial charge in [-0.3, -0.25) is 14.5 Å². The van der Waals surface area contributed by atoms with E-state index in [-0.39, 0.29) is 13.0 Å². The highest BCUT2D eigenvalue weighted by molar-refractivity contribution is 7.93. The molecule has 9 nitrogen and oxygen atoms in total. The predicted molar refractivity (Wildman–Crippen MR) is 164 cm³/mol. The Morgan fingerprint density at radius 1 is 0.860 bits per heavy atom. The number of benzene rings is 3. The second-order valence-corrected chi connectivity index (χ2v) is 12.5. The molecule has 226 valence electrons. The van der Waals surface area contributed by atoms with Crippen molar-refractivity contribution < 1.29 is 27.5 Å². The summed E-state index contributed by atoms with van der Waals surface area (Å²) in [7, 11) is -3.43. The van der Waals surface area contributed by atoms with E-state index in [2.05, 4.69) is 10.6 Å². The van der Waals surface area contributed by atoms with Gasteiger partial charge in [-0.05, 0) is 36.0 Å². The first-order valence-corrected chi connectivity index (χ1v) is 16.2. The molecule has 3 aromatic carbocycles. The molecule has 1 saturated heterocycles. The number of hydrogen-bond acceptors (Lipinski definition) is 6. The zero-order valence-corrected chi connectivity index (χ0v) is 24.9. The van der Waals surface area contributed by atoms with Crippen LogP contribution in [0, 0.1) is 0 Å². The van der Waals surface area contributed by atoms with Crippen LogP contribution in [0.2, 0.25) is 0 Å². The summed E-state index contributed by atoms with van der Waals surface area (Å²) in [5.41, 5.74) is 2.58. The molecule has 1 aliphatic heterocycles. The molecule has 3 aromatic rings. The van der Waals surface area contributed by atoms with Crippen molar-refractivity contribution in [1.82, 2.24) is 15.5 Å². The maximum atomic E-state index is 13.7. The fourth-order valence-corrected chi connectivity index (χ4v) is 5.42. The van der Waals surface area contributed by atoms with E-state index in [0.717, 1.165) is 28.4 Å². The van der Waals surface area contributed by atoms with Crippen LogP contribution < -0.4 is 10.6 Å². The zero-order chi connectivity index (χ0) is 30.7. The lowest BCUT2D eigenvalue weighted by Crippen LogP contribution is -2.55. The molecule has 4 rings (SSSR count). The van der Waals surface area contributed by atoms with Gasteiger partial charge in [0.05, 0.1) is 6.04 Å². The number of ether oxygens (including phenoxy) is 1. The number of carbonyl (C=O) groups excluding carboxylic acids is 3. The Morgan fingerprint density at radius 2 is 1.42 bits per heavy atom. The van der Waals surface area contributed by atoms with Crippen LogP contribution in [0.4, 0.5) is 4.79 Å². The SMILES string of the molecule is CS(=O)(=O)C=C[C@H](Cc1ccccc1)NC(=O)[C@H](Cc1ccccc1)NC(=O)[C@@H]1CCCN1C(=O)OCc1ccccc1. The Labute approximate surface area is 252 Å². The van der Waals surface area contributed by atoms with Crippen LogP contribution >= 0.6 is 0 Å². The van der Waals surface area contributed by atoms with Crippen molar-refractivity contribution in [3.63, 3.8) is 0 Å². The van der Waals surface area contributed by atoms with Gasteiger partial charge in [0.15, 0.2) is 9.84 Å². The molecule has 1 heterocycles. The van der Waals surface area contributed by atoms with Gasteiger partial charge in [0.25, 0.3) is 0 Å². The quantitative estimate of drug-likeness (QED) is 0.325. The van der Waals surface area contributed by atoms with E-state index in [1.54, 1.807) is 0 Å². The zero-order valence-electron chi connectivity index (χ0n) is 24.1. The molecule has 1 aliphatic rings. The number of carbonyl (C=O) groups is 3. The van der Waals surface area contributed by atoms with Crippen molar-refractivity contribution in [1.29, 1.82) is 0 Å². The molecule has 3 atom stereocenters. The summed E-state index contributed by atoms with van der Waals surface area (Å²) in [6, 6.07) is 25.6. The number of nitrogens with one attached hydrogen (secondary N) is 2. The minimum Gasteiger partial charge on any atom is -0.445 e. The molecule has 0 radical (unpaired) electrons. The fraction of sp³-hybridized carbons (Fsp3) is 0.303. The molecule has 3 amide bonds. The predicted octanol–water partition coefficient (Wildman–Crippen LogP) is 3.80. The van der Waals surface area contributed by atoms with Crippen molar-refractivity contribution in [3.8, 4) is 0 Å². The Morgan fingerprint density at radius 3 is 2.00 bits per heavy atom. The number of likely N-dealkylation sites (tertiary alicyclic amines) is 1. The Kier molecular flexibility index (Phi) is 11.1. The first kappa shape index (κ1) is 31.5. The van der Waals surface area contributed by atoms with Gasteiger partial charge < -0.3 is 15.4 Å². The van der Waals surface area contributed by atoms with E-state index in [9.17, 15) is 22.8 Å². The van der Waals surface area contributed by atoms with Crippen LogP contribution in [-0.2, 0) is 43.6 Å². The normalized spacial score (nSPS) is 16.4. The van der Waals surface area contributed by atoms with Crippen LogP contribution in [-0.4, -0.2) is 62.2 Å². The smallest absolute Gasteiger partial charge is 0.410 e. The lowest BCUT2D eigenvalue weighted by molar-refractivity contribution is -0.131. The highest BCUT2D eigenvalue weighted by atomic mass is 32.2. The van der Waals surface area contributed by atoms with Crippen molar-refractivity contribution in [2.24, 2.45) is 0 Å². The third-order valence-corrected chi connectivity index (χ3v) is 7.75. The third-order valence-electron chi connectivity index (χ3n) is 7.09. The van der Waals surface area contributed by atoms with E-state index >= 15 is 0 Å². The summed E-state index contributed by atoms with van der Waals surface area (Å²) < 4.78 is 29.2. The Bertz CT molecular complexity index is 1500. The van der Waals surface area contributed by atoms with Crippen molar-refractivity contribution in [3.05, 3.63) is 119 Å². The highest BCUT2D eigenvalue weighted by Gasteiger charge is 2.37. The minimum absolute atomic E-state index is 0.0906. The number of rotatable bonds is 12. The molecular formula is C33H37N3O6S. The maximum absolute atomic E-state index is 13.7. The minimum atomic E-state index is -3.43. The molecule has 0 aromatic heterocycles. The summed E-state index contributed by atoms with van der Waals surface area (Å²) >= 11 is 0. The average molecular weight is 604 g/mol. The molecule has 1 fully saturated rings. The van der Waals surface area contributed by atoms with Crippen molar-refractivity contribution >= 4 is 27.7 Å². The van der Waals surface area contributed by atoms with Gasteiger partial charge in [-0.15, -0.1) is 0 Å². The lowest BCUT2D eigenvalue weighted by atomic mass is 10.0. The van der Waals surface area contributed by atoms with E-state index in [4.69, 9.17) is 4.74 Å². The monoisotopic (exact) mass is 603 g/mol. The molecule has 0 bridgehead atoms. The van der Waals surface area contributed by atoms with Crippen LogP contribution in [0.25, 0.3) is 0 Å². The molecule has 10 heteroatoms. The van der Waals surface area contributed by atoms with Gasteiger partial charge >= 0.3 is 6.09 Å². The topological polar surface area (TPSA) is 122 Å². The third kappa shape index (κ3) is 10.1. The molecule has 0 aliphatic carbocycles. The number of nitrogens with zero attached hydrogens (tertiary/aromatic N) is 1. The van der Waals surface area contributed by atoms with E-state index in [1.165, 1.54) is 11.0 Å². The molecule has 2 N–H and O–H groups in total. The summed E-state index contributed by atoms with van der Waals surface area (Å²) in [6.07, 6.45) is 3.58. The lowest BCUT2D eigenvalue weighted by Gasteiger charge is -2.27. The molecular weight excluding hydrogens is 566 g/mol. The van der Waals surface area contributed by atoms with Gasteiger partial charge in [-0.25, -0.2) is 13.2 Å². The summed E-state index contributed by atoms with van der Waals surface area (Å²) in [4.78, 5) is 41.5. The largest absolute Gasteiger partial charge is 0.445 e. The van der Waals surface area contributed by atoms with Crippen molar-refractivity contribution in [2.45, 2.75) is 50.4 Å². The Balaban J connectivity index is 1.48. The van der Waals surface area contributed by atoms with Crippen LogP contribution in [0.3, 0.4) is 0 Å². The molecule has 0 saturated carbocycles. The van der Waals surface area contributed by atoms with Crippen LogP contribution in [0.5, 0.6) is 0 Å². The van der Waals surface area contributed by atoms with E-state index in [0.29, 0.717) is 25.8 Å². The molecule has 0 unspecified atom stereocenters. The van der Waals surface area contributed by atoms with Gasteiger partial charge in [-0.1, -0.05) is 97.1 Å². The average Bonchev–Trinajstić information content (AvgIpc) is 3.50. The number of amides is 3. The standard InChI is InChI=1S/C33H37N3O6S/c1-43(40,41)21-19-28(22-25-12-5-2-6-13-25)34-31(37)29(23-26-14-7-3-8-15-26)35-32(38)30-18-11-20-36(30)33(39)42-24-27-16-9-4-10-17-27/h2-10,12-17,19,21,28-30H,11,18,20,22-24H2,1H3,(H,34,37)(H,35,38)/t28-,29+,30+/m1/s1. The van der Waals surface area contributed by atoms with Crippen LogP contribution in [0.15, 0.2) is 102 Å². The molecule has 43 heavy (non-hydrogen) atoms. The van der Waals surface area contributed by atoms with E-state index < -0.39 is 45.9 Å². The van der Waals surface area contributed by atoms with Crippen molar-refractivity contribution in [2.75, 3.05) is 12.8 Å². The second-order valence-electron chi connectivity index (χ2n) is 10.6. The summed E-state index contributed by atoms with van der Waals surface area (Å²) in [5.74, 6) is -0.913. The highest BCUT2D eigenvalue weighted by Crippen LogP contribution is 2.20. The maximum Gasteiger partial charge on any atom is 0.410 e. The molecule has 0 spiro atoms. The summed E-state index contributed by atoms with van der Waals surface area (Å²) in [5, 5.41) is 6.85.